The Labute approximate surface area is 144 Å². The van der Waals surface area contributed by atoms with E-state index in [4.69, 9.17) is 16.3 Å². The van der Waals surface area contributed by atoms with Gasteiger partial charge in [0.2, 0.25) is 0 Å². The topological polar surface area (TPSA) is 56.1 Å². The third-order valence-electron chi connectivity index (χ3n) is 3.67. The van der Waals surface area contributed by atoms with Gasteiger partial charge in [0, 0.05) is 12.7 Å². The molecule has 1 aromatic heterocycles. The zero-order chi connectivity index (χ0) is 17.1. The van der Waals surface area contributed by atoms with Gasteiger partial charge in [0.1, 0.15) is 5.75 Å². The molecule has 0 saturated heterocycles. The fourth-order valence-electron chi connectivity index (χ4n) is 2.22. The van der Waals surface area contributed by atoms with Gasteiger partial charge >= 0.3 is 0 Å². The van der Waals surface area contributed by atoms with Crippen LogP contribution in [0.2, 0.25) is 5.02 Å². The van der Waals surface area contributed by atoms with Gasteiger partial charge in [0.05, 0.1) is 22.5 Å². The average molecular weight is 342 g/mol. The van der Waals surface area contributed by atoms with Crippen molar-refractivity contribution in [1.29, 1.82) is 0 Å². The number of carbonyl (C=O) groups excluding carboxylic acids is 1. The number of anilines is 1. The molecule has 0 saturated carbocycles. The predicted octanol–water partition coefficient (Wildman–Crippen LogP) is 4.43. The number of benzene rings is 2. The zero-order valence-corrected chi connectivity index (χ0v) is 14.0. The van der Waals surface area contributed by atoms with Crippen molar-refractivity contribution in [2.75, 3.05) is 5.32 Å². The molecule has 1 amide bonds. The summed E-state index contributed by atoms with van der Waals surface area (Å²) >= 11 is 6.13. The molecule has 0 spiro atoms. The number of aromatic nitrogens is 2. The van der Waals surface area contributed by atoms with E-state index in [-0.39, 0.29) is 5.91 Å². The molecule has 0 aliphatic heterocycles. The first-order valence-electron chi connectivity index (χ1n) is 7.37. The summed E-state index contributed by atoms with van der Waals surface area (Å²) < 4.78 is 7.50. The van der Waals surface area contributed by atoms with Crippen LogP contribution in [0.4, 0.5) is 5.69 Å². The Balaban J connectivity index is 1.86. The minimum Gasteiger partial charge on any atom is -0.454 e. The number of hydrogen-bond acceptors (Lipinski definition) is 3. The number of carbonyl (C=O) groups is 1. The van der Waals surface area contributed by atoms with Crippen LogP contribution in [0.15, 0.2) is 54.7 Å². The van der Waals surface area contributed by atoms with Crippen LogP contribution >= 0.6 is 11.6 Å². The second kappa shape index (κ2) is 6.76. The smallest absolute Gasteiger partial charge is 0.259 e. The SMILES string of the molecule is Cc1c(C(=O)Nc2ccccc2Oc2ccccc2Cl)cnn1C. The van der Waals surface area contributed by atoms with Crippen LogP contribution in [-0.2, 0) is 7.05 Å². The van der Waals surface area contributed by atoms with Crippen LogP contribution in [0.25, 0.3) is 0 Å². The minimum absolute atomic E-state index is 0.240. The van der Waals surface area contributed by atoms with Gasteiger partial charge in [-0.1, -0.05) is 35.9 Å². The third kappa shape index (κ3) is 3.26. The third-order valence-corrected chi connectivity index (χ3v) is 3.98. The van der Waals surface area contributed by atoms with Crippen LogP contribution in [0.5, 0.6) is 11.5 Å². The van der Waals surface area contributed by atoms with Crippen molar-refractivity contribution in [3.63, 3.8) is 0 Å². The Morgan fingerprint density at radius 1 is 1.12 bits per heavy atom. The summed E-state index contributed by atoms with van der Waals surface area (Å²) in [6.07, 6.45) is 1.54. The van der Waals surface area contributed by atoms with Crippen molar-refractivity contribution >= 4 is 23.2 Å². The Morgan fingerprint density at radius 2 is 1.79 bits per heavy atom. The highest BCUT2D eigenvalue weighted by Crippen LogP contribution is 2.33. The van der Waals surface area contributed by atoms with E-state index in [2.05, 4.69) is 10.4 Å². The number of hydrogen-bond donors (Lipinski definition) is 1. The van der Waals surface area contributed by atoms with E-state index >= 15 is 0 Å². The van der Waals surface area contributed by atoms with Gasteiger partial charge in [-0.3, -0.25) is 9.48 Å². The van der Waals surface area contributed by atoms with Crippen LogP contribution in [-0.4, -0.2) is 15.7 Å². The molecule has 24 heavy (non-hydrogen) atoms. The number of nitrogens with zero attached hydrogens (tertiary/aromatic N) is 2. The van der Waals surface area contributed by atoms with E-state index in [0.717, 1.165) is 5.69 Å². The van der Waals surface area contributed by atoms with Gasteiger partial charge in [-0.05, 0) is 31.2 Å². The van der Waals surface area contributed by atoms with E-state index in [1.165, 1.54) is 0 Å². The molecule has 0 atom stereocenters. The molecule has 6 heteroatoms. The maximum Gasteiger partial charge on any atom is 0.259 e. The maximum absolute atomic E-state index is 12.5. The van der Waals surface area contributed by atoms with Crippen molar-refractivity contribution in [1.82, 2.24) is 9.78 Å². The fourth-order valence-corrected chi connectivity index (χ4v) is 2.39. The molecule has 122 valence electrons. The number of ether oxygens (including phenoxy) is 1. The summed E-state index contributed by atoms with van der Waals surface area (Å²) in [4.78, 5) is 12.5. The lowest BCUT2D eigenvalue weighted by Crippen LogP contribution is -2.13. The molecule has 0 unspecified atom stereocenters. The van der Waals surface area contributed by atoms with Gasteiger partial charge in [-0.15, -0.1) is 0 Å². The molecule has 2 aromatic carbocycles. The Kier molecular flexibility index (Phi) is 4.53. The molecule has 0 bridgehead atoms. The summed E-state index contributed by atoms with van der Waals surface area (Å²) in [5.74, 6) is 0.801. The van der Waals surface area contributed by atoms with Gasteiger partial charge in [-0.25, -0.2) is 0 Å². The van der Waals surface area contributed by atoms with Gasteiger partial charge in [-0.2, -0.15) is 5.10 Å². The number of para-hydroxylation sites is 3. The van der Waals surface area contributed by atoms with Crippen molar-refractivity contribution < 1.29 is 9.53 Å². The normalized spacial score (nSPS) is 10.5. The summed E-state index contributed by atoms with van der Waals surface area (Å²) in [5, 5.41) is 7.45. The highest BCUT2D eigenvalue weighted by molar-refractivity contribution is 6.32. The van der Waals surface area contributed by atoms with Crippen molar-refractivity contribution in [2.24, 2.45) is 7.05 Å². The molecule has 3 rings (SSSR count). The second-order valence-electron chi connectivity index (χ2n) is 5.25. The van der Waals surface area contributed by atoms with Crippen LogP contribution < -0.4 is 10.1 Å². The summed E-state index contributed by atoms with van der Waals surface area (Å²) in [5.41, 5.74) is 1.87. The molecule has 5 nitrogen and oxygen atoms in total. The lowest BCUT2D eigenvalue weighted by atomic mass is 10.2. The van der Waals surface area contributed by atoms with Crippen molar-refractivity contribution in [2.45, 2.75) is 6.92 Å². The van der Waals surface area contributed by atoms with Crippen molar-refractivity contribution in [3.05, 3.63) is 71.0 Å². The highest BCUT2D eigenvalue weighted by Gasteiger charge is 2.15. The van der Waals surface area contributed by atoms with E-state index < -0.39 is 0 Å². The van der Waals surface area contributed by atoms with Crippen LogP contribution in [0, 0.1) is 6.92 Å². The average Bonchev–Trinajstić information content (AvgIpc) is 2.91. The largest absolute Gasteiger partial charge is 0.454 e. The maximum atomic E-state index is 12.5. The van der Waals surface area contributed by atoms with Crippen molar-refractivity contribution in [3.8, 4) is 11.5 Å². The number of amides is 1. The minimum atomic E-state index is -0.240. The number of aryl methyl sites for hydroxylation is 1. The van der Waals surface area contributed by atoms with Crippen LogP contribution in [0.3, 0.4) is 0 Å². The highest BCUT2D eigenvalue weighted by atomic mass is 35.5. The number of halogens is 1. The lowest BCUT2D eigenvalue weighted by Gasteiger charge is -2.13. The fraction of sp³-hybridized carbons (Fsp3) is 0.111. The summed E-state index contributed by atoms with van der Waals surface area (Å²) in [7, 11) is 1.79. The molecule has 3 aromatic rings. The molecule has 0 radical (unpaired) electrons. The lowest BCUT2D eigenvalue weighted by molar-refractivity contribution is 0.102. The molecule has 1 heterocycles. The van der Waals surface area contributed by atoms with E-state index in [0.29, 0.717) is 27.8 Å². The predicted molar refractivity (Wildman–Crippen MR) is 93.9 cm³/mol. The quantitative estimate of drug-likeness (QED) is 0.764. The summed E-state index contributed by atoms with van der Waals surface area (Å²) in [6, 6.07) is 14.4. The van der Waals surface area contributed by atoms with Gasteiger partial charge < -0.3 is 10.1 Å². The van der Waals surface area contributed by atoms with E-state index in [9.17, 15) is 4.79 Å². The molecule has 0 fully saturated rings. The zero-order valence-electron chi connectivity index (χ0n) is 13.3. The molecular formula is C18H16ClN3O2. The number of rotatable bonds is 4. The van der Waals surface area contributed by atoms with E-state index in [1.807, 2.05) is 31.2 Å². The van der Waals surface area contributed by atoms with Crippen LogP contribution in [0.1, 0.15) is 16.1 Å². The van der Waals surface area contributed by atoms with Gasteiger partial charge in [0.15, 0.2) is 5.75 Å². The first kappa shape index (κ1) is 16.1. The Morgan fingerprint density at radius 3 is 2.46 bits per heavy atom. The second-order valence-corrected chi connectivity index (χ2v) is 5.66. The monoisotopic (exact) mass is 341 g/mol. The van der Waals surface area contributed by atoms with Gasteiger partial charge in [0.25, 0.3) is 5.91 Å². The van der Waals surface area contributed by atoms with E-state index in [1.54, 1.807) is 42.2 Å². The first-order chi connectivity index (χ1) is 11.6. The molecule has 0 aliphatic carbocycles. The standard InChI is InChI=1S/C18H16ClN3O2/c1-12-13(11-20-22(12)2)18(23)21-15-8-4-6-10-17(15)24-16-9-5-3-7-14(16)19/h3-11H,1-2H3,(H,21,23). The first-order valence-corrected chi connectivity index (χ1v) is 7.75. The summed E-state index contributed by atoms with van der Waals surface area (Å²) in [6.45, 7) is 1.84. The number of nitrogens with one attached hydrogen (secondary N) is 1. The molecular weight excluding hydrogens is 326 g/mol. The Bertz CT molecular complexity index is 889. The molecule has 1 N–H and O–H groups in total. The molecule has 0 aliphatic rings. The Hall–Kier alpha value is -2.79.